The van der Waals surface area contributed by atoms with E-state index in [9.17, 15) is 9.59 Å². The van der Waals surface area contributed by atoms with E-state index in [1.54, 1.807) is 25.9 Å². The second kappa shape index (κ2) is 9.84. The molecule has 3 rings (SSSR count). The molecule has 9 heteroatoms. The first kappa shape index (κ1) is 21.9. The number of fused-ring (bicyclic) bond motifs is 1. The molecule has 30 heavy (non-hydrogen) atoms. The molecule has 1 N–H and O–H groups in total. The number of esters is 1. The van der Waals surface area contributed by atoms with Crippen LogP contribution in [0, 0.1) is 13.8 Å². The molecule has 0 aliphatic rings. The number of ether oxygens (including phenoxy) is 3. The van der Waals surface area contributed by atoms with Crippen LogP contribution in [0.25, 0.3) is 10.2 Å². The molecule has 160 valence electrons. The Morgan fingerprint density at radius 1 is 1.10 bits per heavy atom. The van der Waals surface area contributed by atoms with Gasteiger partial charge in [-0.3, -0.25) is 9.69 Å². The van der Waals surface area contributed by atoms with Crippen molar-refractivity contribution in [3.63, 3.8) is 0 Å². The predicted molar refractivity (Wildman–Crippen MR) is 116 cm³/mol. The number of carbonyl (C=O) groups excluding carboxylic acids is 2. The van der Waals surface area contributed by atoms with Gasteiger partial charge in [-0.2, -0.15) is 0 Å². The molecule has 0 aliphatic heterocycles. The number of benzene rings is 1. The Morgan fingerprint density at radius 3 is 2.53 bits per heavy atom. The molecular weight excluding hydrogens is 406 g/mol. The van der Waals surface area contributed by atoms with Gasteiger partial charge in [-0.25, -0.2) is 9.78 Å². The van der Waals surface area contributed by atoms with Crippen molar-refractivity contribution in [1.29, 1.82) is 0 Å². The van der Waals surface area contributed by atoms with E-state index in [0.29, 0.717) is 47.4 Å². The lowest BCUT2D eigenvalue weighted by molar-refractivity contribution is 0.0387. The normalized spacial score (nSPS) is 11.1. The van der Waals surface area contributed by atoms with Crippen molar-refractivity contribution in [2.75, 3.05) is 45.5 Å². The second-order valence-corrected chi connectivity index (χ2v) is 7.68. The molecule has 0 aliphatic carbocycles. The third-order valence-corrected chi connectivity index (χ3v) is 5.71. The van der Waals surface area contributed by atoms with E-state index in [0.717, 1.165) is 10.2 Å². The van der Waals surface area contributed by atoms with Crippen LogP contribution in [0.1, 0.15) is 32.1 Å². The number of hydrogen-bond acceptors (Lipinski definition) is 7. The molecule has 3 aromatic rings. The fourth-order valence-electron chi connectivity index (χ4n) is 3.14. The van der Waals surface area contributed by atoms with Crippen LogP contribution in [0.3, 0.4) is 0 Å². The Labute approximate surface area is 178 Å². The summed E-state index contributed by atoms with van der Waals surface area (Å²) >= 11 is 1.43. The summed E-state index contributed by atoms with van der Waals surface area (Å²) in [5.41, 5.74) is 2.65. The maximum absolute atomic E-state index is 13.4. The molecule has 0 radical (unpaired) electrons. The summed E-state index contributed by atoms with van der Waals surface area (Å²) in [4.78, 5) is 35.1. The van der Waals surface area contributed by atoms with E-state index in [-0.39, 0.29) is 12.5 Å². The van der Waals surface area contributed by atoms with Crippen molar-refractivity contribution in [3.8, 4) is 0 Å². The molecule has 0 spiro atoms. The van der Waals surface area contributed by atoms with E-state index in [1.165, 1.54) is 18.4 Å². The quantitative estimate of drug-likeness (QED) is 0.413. The van der Waals surface area contributed by atoms with Crippen molar-refractivity contribution < 1.29 is 23.8 Å². The minimum Gasteiger partial charge on any atom is -0.460 e. The standard InChI is InChI=1S/C21H25N3O5S/c1-13-17(20(26)29-12-11-28-4)14(2)22-18(13)19(25)24(9-10-27-3)21-23-15-7-5-6-8-16(15)30-21/h5-8,22H,9-12H2,1-4H3. The van der Waals surface area contributed by atoms with Crippen LogP contribution >= 0.6 is 11.3 Å². The summed E-state index contributed by atoms with van der Waals surface area (Å²) in [5.74, 6) is -0.761. The number of nitrogens with zero attached hydrogens (tertiary/aromatic N) is 2. The summed E-state index contributed by atoms with van der Waals surface area (Å²) in [6.45, 7) is 4.62. The Morgan fingerprint density at radius 2 is 1.83 bits per heavy atom. The number of carbonyl (C=O) groups is 2. The maximum Gasteiger partial charge on any atom is 0.340 e. The molecule has 1 amide bonds. The highest BCUT2D eigenvalue weighted by Crippen LogP contribution is 2.30. The van der Waals surface area contributed by atoms with Crippen LogP contribution < -0.4 is 4.90 Å². The zero-order valence-electron chi connectivity index (χ0n) is 17.5. The average Bonchev–Trinajstić information content (AvgIpc) is 3.28. The number of anilines is 1. The zero-order chi connectivity index (χ0) is 21.7. The summed E-state index contributed by atoms with van der Waals surface area (Å²) in [7, 11) is 3.12. The van der Waals surface area contributed by atoms with Crippen LogP contribution in [0.5, 0.6) is 0 Å². The number of nitrogens with one attached hydrogen (secondary N) is 1. The maximum atomic E-state index is 13.4. The van der Waals surface area contributed by atoms with E-state index in [2.05, 4.69) is 9.97 Å². The number of rotatable bonds is 9. The molecule has 0 atom stereocenters. The molecule has 0 unspecified atom stereocenters. The van der Waals surface area contributed by atoms with E-state index < -0.39 is 5.97 Å². The van der Waals surface area contributed by atoms with Crippen molar-refractivity contribution in [3.05, 3.63) is 46.8 Å². The molecular formula is C21H25N3O5S. The molecule has 0 saturated heterocycles. The number of aromatic amines is 1. The van der Waals surface area contributed by atoms with Crippen LogP contribution in [0.4, 0.5) is 5.13 Å². The first-order chi connectivity index (χ1) is 14.5. The van der Waals surface area contributed by atoms with Gasteiger partial charge in [0.1, 0.15) is 12.3 Å². The third kappa shape index (κ3) is 4.53. The van der Waals surface area contributed by atoms with Crippen LogP contribution in [-0.2, 0) is 14.2 Å². The number of methoxy groups -OCH3 is 2. The van der Waals surface area contributed by atoms with Gasteiger partial charge in [0.05, 0.1) is 35.5 Å². The van der Waals surface area contributed by atoms with Gasteiger partial charge >= 0.3 is 5.97 Å². The number of amides is 1. The molecule has 2 heterocycles. The Kier molecular flexibility index (Phi) is 7.20. The van der Waals surface area contributed by atoms with Gasteiger partial charge in [0.25, 0.3) is 5.91 Å². The highest BCUT2D eigenvalue weighted by Gasteiger charge is 2.28. The van der Waals surface area contributed by atoms with E-state index >= 15 is 0 Å². The third-order valence-electron chi connectivity index (χ3n) is 4.65. The molecule has 0 bridgehead atoms. The van der Waals surface area contributed by atoms with Crippen molar-refractivity contribution in [2.45, 2.75) is 13.8 Å². The lowest BCUT2D eigenvalue weighted by atomic mass is 10.1. The number of aromatic nitrogens is 2. The second-order valence-electron chi connectivity index (χ2n) is 6.67. The fourth-order valence-corrected chi connectivity index (χ4v) is 4.13. The van der Waals surface area contributed by atoms with E-state index in [1.807, 2.05) is 24.3 Å². The van der Waals surface area contributed by atoms with Crippen molar-refractivity contribution in [2.24, 2.45) is 0 Å². The van der Waals surface area contributed by atoms with Gasteiger partial charge in [0, 0.05) is 19.9 Å². The van der Waals surface area contributed by atoms with Gasteiger partial charge in [0.2, 0.25) is 0 Å². The zero-order valence-corrected chi connectivity index (χ0v) is 18.3. The summed E-state index contributed by atoms with van der Waals surface area (Å²) in [5, 5.41) is 0.578. The summed E-state index contributed by atoms with van der Waals surface area (Å²) in [6, 6.07) is 7.72. The largest absolute Gasteiger partial charge is 0.460 e. The number of para-hydroxylation sites is 1. The average molecular weight is 432 g/mol. The van der Waals surface area contributed by atoms with Crippen LogP contribution in [0.2, 0.25) is 0 Å². The monoisotopic (exact) mass is 431 g/mol. The topological polar surface area (TPSA) is 93.8 Å². The lowest BCUT2D eigenvalue weighted by Gasteiger charge is -2.19. The Balaban J connectivity index is 1.93. The number of hydrogen-bond donors (Lipinski definition) is 1. The Hall–Kier alpha value is -2.75. The van der Waals surface area contributed by atoms with Gasteiger partial charge in [-0.1, -0.05) is 23.5 Å². The highest BCUT2D eigenvalue weighted by molar-refractivity contribution is 7.22. The van der Waals surface area contributed by atoms with Crippen molar-refractivity contribution >= 4 is 38.6 Å². The van der Waals surface area contributed by atoms with Crippen LogP contribution in [0.15, 0.2) is 24.3 Å². The summed E-state index contributed by atoms with van der Waals surface area (Å²) in [6.07, 6.45) is 0. The molecule has 0 saturated carbocycles. The number of aryl methyl sites for hydroxylation is 1. The molecule has 8 nitrogen and oxygen atoms in total. The highest BCUT2D eigenvalue weighted by atomic mass is 32.1. The van der Waals surface area contributed by atoms with Gasteiger partial charge in [-0.05, 0) is 31.5 Å². The number of thiazole rings is 1. The first-order valence-corrected chi connectivity index (χ1v) is 10.3. The number of H-pyrrole nitrogens is 1. The minimum atomic E-state index is -0.485. The van der Waals surface area contributed by atoms with Crippen molar-refractivity contribution in [1.82, 2.24) is 9.97 Å². The Bertz CT molecular complexity index is 1010. The van der Waals surface area contributed by atoms with E-state index in [4.69, 9.17) is 14.2 Å². The SMILES string of the molecule is COCCOC(=O)c1c(C)[nH]c(C(=O)N(CCOC)c2nc3ccccc3s2)c1C. The molecule has 1 aromatic carbocycles. The fraction of sp³-hybridized carbons (Fsp3) is 0.381. The first-order valence-electron chi connectivity index (χ1n) is 9.49. The van der Waals surface area contributed by atoms with Gasteiger partial charge in [0.15, 0.2) is 5.13 Å². The minimum absolute atomic E-state index is 0.147. The lowest BCUT2D eigenvalue weighted by Crippen LogP contribution is -2.34. The smallest absolute Gasteiger partial charge is 0.340 e. The summed E-state index contributed by atoms with van der Waals surface area (Å²) < 4.78 is 16.3. The van der Waals surface area contributed by atoms with Gasteiger partial charge in [-0.15, -0.1) is 0 Å². The molecule has 0 fully saturated rings. The predicted octanol–water partition coefficient (Wildman–Crippen LogP) is 3.34. The molecule has 2 aromatic heterocycles. The van der Waals surface area contributed by atoms with Crippen LogP contribution in [-0.4, -0.2) is 62.4 Å². The van der Waals surface area contributed by atoms with Gasteiger partial charge < -0.3 is 19.2 Å².